The summed E-state index contributed by atoms with van der Waals surface area (Å²) in [6.45, 7) is 0.430. The molecular weight excluding hydrogens is 214 g/mol. The fourth-order valence-electron chi connectivity index (χ4n) is 2.21. The zero-order valence-electron chi connectivity index (χ0n) is 10.0. The van der Waals surface area contributed by atoms with Crippen molar-refractivity contribution in [1.29, 1.82) is 0 Å². The average Bonchev–Trinajstić information content (AvgIpc) is 2.41. The lowest BCUT2D eigenvalue weighted by Gasteiger charge is -2.20. The Balaban J connectivity index is 1.69. The lowest BCUT2D eigenvalue weighted by Crippen LogP contribution is -2.31. The summed E-state index contributed by atoms with van der Waals surface area (Å²) in [4.78, 5) is 17.0. The van der Waals surface area contributed by atoms with Gasteiger partial charge in [-0.3, -0.25) is 9.63 Å². The molecule has 0 saturated heterocycles. The van der Waals surface area contributed by atoms with Crippen LogP contribution in [0.5, 0.6) is 0 Å². The average molecular weight is 233 g/mol. The minimum atomic E-state index is 0.0423. The molecule has 0 bridgehead atoms. The standard InChI is InChI=1S/C14H19NO2/c16-14(13-9-5-2-6-10-13)15-17-11-12-7-3-1-4-8-12/h1,3-4,7-8,13H,2,5-6,9-11H2,(H,15,16). The van der Waals surface area contributed by atoms with Gasteiger partial charge in [-0.15, -0.1) is 0 Å². The van der Waals surface area contributed by atoms with E-state index < -0.39 is 0 Å². The van der Waals surface area contributed by atoms with Crippen LogP contribution in [0.3, 0.4) is 0 Å². The number of carbonyl (C=O) groups excluding carboxylic acids is 1. The molecule has 1 saturated carbocycles. The van der Waals surface area contributed by atoms with E-state index in [0.717, 1.165) is 31.2 Å². The second kappa shape index (κ2) is 6.40. The van der Waals surface area contributed by atoms with E-state index in [2.05, 4.69) is 5.48 Å². The lowest BCUT2D eigenvalue weighted by atomic mass is 9.89. The molecule has 1 fully saturated rings. The number of amides is 1. The maximum atomic E-state index is 11.8. The van der Waals surface area contributed by atoms with Crippen molar-refractivity contribution < 1.29 is 9.63 Å². The Kier molecular flexibility index (Phi) is 4.56. The Morgan fingerprint density at radius 1 is 1.18 bits per heavy atom. The molecular formula is C14H19NO2. The van der Waals surface area contributed by atoms with Gasteiger partial charge in [0.1, 0.15) is 0 Å². The van der Waals surface area contributed by atoms with Crippen molar-refractivity contribution in [3.8, 4) is 0 Å². The topological polar surface area (TPSA) is 38.3 Å². The minimum Gasteiger partial charge on any atom is -0.273 e. The number of carbonyl (C=O) groups is 1. The molecule has 0 radical (unpaired) electrons. The highest BCUT2D eigenvalue weighted by Crippen LogP contribution is 2.23. The number of hydrogen-bond donors (Lipinski definition) is 1. The van der Waals surface area contributed by atoms with Gasteiger partial charge in [-0.1, -0.05) is 49.6 Å². The summed E-state index contributed by atoms with van der Waals surface area (Å²) in [6, 6.07) is 9.84. The Bertz CT molecular complexity index is 344. The lowest BCUT2D eigenvalue weighted by molar-refractivity contribution is -0.139. The maximum absolute atomic E-state index is 11.8. The Labute approximate surface area is 102 Å². The van der Waals surface area contributed by atoms with Crippen molar-refractivity contribution in [3.63, 3.8) is 0 Å². The highest BCUT2D eigenvalue weighted by molar-refractivity contribution is 5.77. The van der Waals surface area contributed by atoms with Crippen molar-refractivity contribution in [1.82, 2.24) is 5.48 Å². The monoisotopic (exact) mass is 233 g/mol. The molecule has 3 heteroatoms. The maximum Gasteiger partial charge on any atom is 0.246 e. The Hall–Kier alpha value is -1.35. The first kappa shape index (κ1) is 12.1. The fraction of sp³-hybridized carbons (Fsp3) is 0.500. The third-order valence-electron chi connectivity index (χ3n) is 3.23. The SMILES string of the molecule is O=C(NOCc1ccccc1)C1CCCCC1. The number of hydrogen-bond acceptors (Lipinski definition) is 2. The highest BCUT2D eigenvalue weighted by atomic mass is 16.6. The van der Waals surface area contributed by atoms with Crippen LogP contribution in [0.2, 0.25) is 0 Å². The van der Waals surface area contributed by atoms with E-state index in [4.69, 9.17) is 4.84 Å². The van der Waals surface area contributed by atoms with Gasteiger partial charge >= 0.3 is 0 Å². The van der Waals surface area contributed by atoms with Gasteiger partial charge in [-0.05, 0) is 18.4 Å². The zero-order chi connectivity index (χ0) is 11.9. The molecule has 2 rings (SSSR count). The first-order valence-corrected chi connectivity index (χ1v) is 6.32. The Morgan fingerprint density at radius 3 is 2.59 bits per heavy atom. The van der Waals surface area contributed by atoms with E-state index in [1.165, 1.54) is 6.42 Å². The summed E-state index contributed by atoms with van der Waals surface area (Å²) in [5.74, 6) is 0.195. The molecule has 0 aromatic heterocycles. The summed E-state index contributed by atoms with van der Waals surface area (Å²) >= 11 is 0. The first-order valence-electron chi connectivity index (χ1n) is 6.32. The molecule has 0 unspecified atom stereocenters. The first-order chi connectivity index (χ1) is 8.36. The van der Waals surface area contributed by atoms with E-state index in [-0.39, 0.29) is 11.8 Å². The number of rotatable bonds is 4. The van der Waals surface area contributed by atoms with Crippen LogP contribution < -0.4 is 5.48 Å². The summed E-state index contributed by atoms with van der Waals surface area (Å²) < 4.78 is 0. The van der Waals surface area contributed by atoms with E-state index in [1.807, 2.05) is 30.3 Å². The third kappa shape index (κ3) is 3.86. The number of nitrogens with one attached hydrogen (secondary N) is 1. The molecule has 1 N–H and O–H groups in total. The molecule has 1 aromatic rings. The molecule has 1 amide bonds. The molecule has 0 atom stereocenters. The predicted molar refractivity (Wildman–Crippen MR) is 65.9 cm³/mol. The van der Waals surface area contributed by atoms with Crippen LogP contribution in [0, 0.1) is 5.92 Å². The van der Waals surface area contributed by atoms with E-state index in [1.54, 1.807) is 0 Å². The number of benzene rings is 1. The third-order valence-corrected chi connectivity index (χ3v) is 3.23. The van der Waals surface area contributed by atoms with Crippen molar-refractivity contribution in [2.24, 2.45) is 5.92 Å². The quantitative estimate of drug-likeness (QED) is 0.812. The highest BCUT2D eigenvalue weighted by Gasteiger charge is 2.20. The second-order valence-corrected chi connectivity index (χ2v) is 4.58. The minimum absolute atomic E-state index is 0.0423. The normalized spacial score (nSPS) is 16.7. The van der Waals surface area contributed by atoms with Crippen LogP contribution in [-0.2, 0) is 16.2 Å². The van der Waals surface area contributed by atoms with Crippen LogP contribution in [0.15, 0.2) is 30.3 Å². The van der Waals surface area contributed by atoms with Gasteiger partial charge in [0.15, 0.2) is 0 Å². The molecule has 1 aliphatic rings. The largest absolute Gasteiger partial charge is 0.273 e. The molecule has 0 heterocycles. The fourth-order valence-corrected chi connectivity index (χ4v) is 2.21. The van der Waals surface area contributed by atoms with Gasteiger partial charge in [0.25, 0.3) is 0 Å². The molecule has 17 heavy (non-hydrogen) atoms. The smallest absolute Gasteiger partial charge is 0.246 e. The van der Waals surface area contributed by atoms with Crippen LogP contribution in [0.25, 0.3) is 0 Å². The van der Waals surface area contributed by atoms with Gasteiger partial charge in [-0.2, -0.15) is 0 Å². The van der Waals surface area contributed by atoms with Gasteiger partial charge in [0.2, 0.25) is 5.91 Å². The summed E-state index contributed by atoms with van der Waals surface area (Å²) in [6.07, 6.45) is 5.59. The van der Waals surface area contributed by atoms with E-state index in [0.29, 0.717) is 6.61 Å². The molecule has 0 spiro atoms. The van der Waals surface area contributed by atoms with Gasteiger partial charge < -0.3 is 0 Å². The summed E-state index contributed by atoms with van der Waals surface area (Å²) in [5, 5.41) is 0. The molecule has 92 valence electrons. The zero-order valence-corrected chi connectivity index (χ0v) is 10.0. The van der Waals surface area contributed by atoms with Gasteiger partial charge in [0, 0.05) is 5.92 Å². The van der Waals surface area contributed by atoms with E-state index in [9.17, 15) is 4.79 Å². The van der Waals surface area contributed by atoms with Crippen molar-refractivity contribution in [3.05, 3.63) is 35.9 Å². The Morgan fingerprint density at radius 2 is 1.88 bits per heavy atom. The summed E-state index contributed by atoms with van der Waals surface area (Å²) in [5.41, 5.74) is 3.63. The van der Waals surface area contributed by atoms with Crippen molar-refractivity contribution in [2.45, 2.75) is 38.7 Å². The van der Waals surface area contributed by atoms with Gasteiger partial charge in [-0.25, -0.2) is 5.48 Å². The molecule has 0 aliphatic heterocycles. The van der Waals surface area contributed by atoms with E-state index >= 15 is 0 Å². The van der Waals surface area contributed by atoms with Crippen molar-refractivity contribution in [2.75, 3.05) is 0 Å². The number of hydroxylamine groups is 1. The second-order valence-electron chi connectivity index (χ2n) is 4.58. The molecule has 1 aromatic carbocycles. The molecule has 1 aliphatic carbocycles. The van der Waals surface area contributed by atoms with Crippen LogP contribution >= 0.6 is 0 Å². The van der Waals surface area contributed by atoms with Crippen molar-refractivity contribution >= 4 is 5.91 Å². The van der Waals surface area contributed by atoms with Crippen LogP contribution in [0.1, 0.15) is 37.7 Å². The predicted octanol–water partition coefficient (Wildman–Crippen LogP) is 2.81. The van der Waals surface area contributed by atoms with Crippen LogP contribution in [0.4, 0.5) is 0 Å². The summed E-state index contributed by atoms with van der Waals surface area (Å²) in [7, 11) is 0. The van der Waals surface area contributed by atoms with Gasteiger partial charge in [0.05, 0.1) is 6.61 Å². The van der Waals surface area contributed by atoms with Crippen LogP contribution in [-0.4, -0.2) is 5.91 Å². The molecule has 3 nitrogen and oxygen atoms in total.